The van der Waals surface area contributed by atoms with E-state index in [-0.39, 0.29) is 28.9 Å². The van der Waals surface area contributed by atoms with E-state index in [1.807, 2.05) is 6.92 Å². The van der Waals surface area contributed by atoms with E-state index in [0.29, 0.717) is 19.4 Å². The zero-order valence-electron chi connectivity index (χ0n) is 14.4. The van der Waals surface area contributed by atoms with Crippen molar-refractivity contribution in [3.63, 3.8) is 0 Å². The molecule has 0 aromatic heterocycles. The van der Waals surface area contributed by atoms with Crippen LogP contribution in [0.4, 0.5) is 0 Å². The van der Waals surface area contributed by atoms with Crippen molar-refractivity contribution in [1.82, 2.24) is 9.62 Å². The summed E-state index contributed by atoms with van der Waals surface area (Å²) in [6, 6.07) is 5.79. The van der Waals surface area contributed by atoms with Crippen LogP contribution in [0.15, 0.2) is 29.2 Å². The Hall–Kier alpha value is -1.45. The monoisotopic (exact) mass is 388 g/mol. The van der Waals surface area contributed by atoms with Gasteiger partial charge in [0.2, 0.25) is 15.9 Å². The minimum atomic E-state index is -3.76. The van der Waals surface area contributed by atoms with E-state index in [9.17, 15) is 21.6 Å². The summed E-state index contributed by atoms with van der Waals surface area (Å²) in [4.78, 5) is 11.1. The molecule has 1 aliphatic rings. The molecular weight excluding hydrogens is 364 g/mol. The number of benzene rings is 1. The van der Waals surface area contributed by atoms with Crippen LogP contribution in [0, 0.1) is 0 Å². The summed E-state index contributed by atoms with van der Waals surface area (Å²) in [6.07, 6.45) is 0.943. The van der Waals surface area contributed by atoms with Crippen LogP contribution in [0.2, 0.25) is 0 Å². The molecule has 1 aliphatic heterocycles. The number of nitrogens with one attached hydrogen (secondary N) is 1. The van der Waals surface area contributed by atoms with E-state index in [1.165, 1.54) is 23.4 Å². The summed E-state index contributed by atoms with van der Waals surface area (Å²) in [5.74, 6) is -0.246. The summed E-state index contributed by atoms with van der Waals surface area (Å²) < 4.78 is 50.7. The highest BCUT2D eigenvalue weighted by atomic mass is 32.2. The van der Waals surface area contributed by atoms with Gasteiger partial charge in [0.1, 0.15) is 0 Å². The number of amides is 1. The molecule has 0 radical (unpaired) electrons. The fraction of sp³-hybridized carbons (Fsp3) is 0.562. The van der Waals surface area contributed by atoms with Gasteiger partial charge in [0.25, 0.3) is 0 Å². The smallest absolute Gasteiger partial charge is 0.243 e. The summed E-state index contributed by atoms with van der Waals surface area (Å²) >= 11 is 0. The average molecular weight is 389 g/mol. The minimum absolute atomic E-state index is 0.0308. The zero-order valence-corrected chi connectivity index (χ0v) is 16.1. The van der Waals surface area contributed by atoms with Crippen molar-refractivity contribution in [2.75, 3.05) is 18.1 Å². The Morgan fingerprint density at radius 1 is 1.28 bits per heavy atom. The molecule has 1 N–H and O–H groups in total. The number of nitrogens with zero attached hydrogens (tertiary/aromatic N) is 1. The van der Waals surface area contributed by atoms with E-state index in [0.717, 1.165) is 5.56 Å². The van der Waals surface area contributed by atoms with Gasteiger partial charge < -0.3 is 5.32 Å². The number of sulfone groups is 1. The molecule has 1 atom stereocenters. The first-order valence-electron chi connectivity index (χ1n) is 8.21. The highest BCUT2D eigenvalue weighted by Gasteiger charge is 2.38. The average Bonchev–Trinajstić information content (AvgIpc) is 2.90. The highest BCUT2D eigenvalue weighted by molar-refractivity contribution is 7.92. The van der Waals surface area contributed by atoms with Crippen molar-refractivity contribution in [3.05, 3.63) is 29.8 Å². The van der Waals surface area contributed by atoms with E-state index in [1.54, 1.807) is 12.1 Å². The topological polar surface area (TPSA) is 101 Å². The Kier molecular flexibility index (Phi) is 6.23. The normalized spacial score (nSPS) is 19.9. The molecule has 0 aliphatic carbocycles. The molecule has 140 valence electrons. The van der Waals surface area contributed by atoms with Crippen molar-refractivity contribution in [2.24, 2.45) is 0 Å². The van der Waals surface area contributed by atoms with Gasteiger partial charge in [-0.05, 0) is 30.5 Å². The second kappa shape index (κ2) is 7.84. The largest absolute Gasteiger partial charge is 0.352 e. The zero-order chi connectivity index (χ0) is 18.7. The fourth-order valence-corrected chi connectivity index (χ4v) is 6.43. The van der Waals surface area contributed by atoms with Crippen molar-refractivity contribution < 1.29 is 21.6 Å². The van der Waals surface area contributed by atoms with Crippen LogP contribution < -0.4 is 5.32 Å². The predicted molar refractivity (Wildman–Crippen MR) is 95.2 cm³/mol. The lowest BCUT2D eigenvalue weighted by atomic mass is 10.2. The Labute approximate surface area is 149 Å². The molecule has 1 aromatic carbocycles. The van der Waals surface area contributed by atoms with Crippen LogP contribution in [0.5, 0.6) is 0 Å². The summed E-state index contributed by atoms with van der Waals surface area (Å²) in [5, 5.41) is 2.65. The van der Waals surface area contributed by atoms with Gasteiger partial charge in [-0.3, -0.25) is 4.79 Å². The molecule has 0 bridgehead atoms. The second-order valence-corrected chi connectivity index (χ2v) is 10.3. The molecule has 9 heteroatoms. The maximum atomic E-state index is 13.0. The molecule has 1 amide bonds. The van der Waals surface area contributed by atoms with Crippen LogP contribution in [0.1, 0.15) is 32.3 Å². The van der Waals surface area contributed by atoms with Gasteiger partial charge in [-0.15, -0.1) is 0 Å². The van der Waals surface area contributed by atoms with Gasteiger partial charge in [0, 0.05) is 26.1 Å². The van der Waals surface area contributed by atoms with Gasteiger partial charge in [-0.1, -0.05) is 19.1 Å². The molecule has 1 aromatic rings. The SMILES string of the molecule is CCCN([C@H]1CCS(=O)(=O)C1)S(=O)(=O)c1ccc(CNC(C)=O)cc1. The lowest BCUT2D eigenvalue weighted by Crippen LogP contribution is -2.41. The second-order valence-electron chi connectivity index (χ2n) is 6.23. The number of hydrogen-bond acceptors (Lipinski definition) is 5. The van der Waals surface area contributed by atoms with Crippen LogP contribution in [-0.2, 0) is 31.2 Å². The third kappa shape index (κ3) is 5.02. The van der Waals surface area contributed by atoms with E-state index in [2.05, 4.69) is 5.32 Å². The molecule has 1 heterocycles. The molecule has 2 rings (SSSR count). The predicted octanol–water partition coefficient (Wildman–Crippen LogP) is 0.910. The van der Waals surface area contributed by atoms with Crippen molar-refractivity contribution in [1.29, 1.82) is 0 Å². The quantitative estimate of drug-likeness (QED) is 0.748. The summed E-state index contributed by atoms with van der Waals surface area (Å²) in [7, 11) is -6.93. The van der Waals surface area contributed by atoms with Crippen LogP contribution >= 0.6 is 0 Å². The minimum Gasteiger partial charge on any atom is -0.352 e. The third-order valence-electron chi connectivity index (χ3n) is 4.13. The van der Waals surface area contributed by atoms with Gasteiger partial charge >= 0.3 is 0 Å². The first-order chi connectivity index (χ1) is 11.7. The molecular formula is C16H24N2O5S2. The van der Waals surface area contributed by atoms with Gasteiger partial charge in [-0.2, -0.15) is 4.31 Å². The Bertz CT molecular complexity index is 817. The van der Waals surface area contributed by atoms with Crippen molar-refractivity contribution in [3.8, 4) is 0 Å². The van der Waals surface area contributed by atoms with Crippen LogP contribution in [-0.4, -0.2) is 51.1 Å². The number of sulfonamides is 1. The number of carbonyl (C=O) groups excluding carboxylic acids is 1. The molecule has 0 saturated carbocycles. The first-order valence-corrected chi connectivity index (χ1v) is 11.5. The van der Waals surface area contributed by atoms with Crippen molar-refractivity contribution >= 4 is 25.8 Å². The van der Waals surface area contributed by atoms with E-state index >= 15 is 0 Å². The van der Waals surface area contributed by atoms with Gasteiger partial charge in [-0.25, -0.2) is 16.8 Å². The maximum absolute atomic E-state index is 13.0. The molecule has 0 spiro atoms. The Morgan fingerprint density at radius 3 is 2.40 bits per heavy atom. The molecule has 0 unspecified atom stereocenters. The molecule has 25 heavy (non-hydrogen) atoms. The summed E-state index contributed by atoms with van der Waals surface area (Å²) in [5.41, 5.74) is 0.791. The number of hydrogen-bond donors (Lipinski definition) is 1. The molecule has 7 nitrogen and oxygen atoms in total. The Balaban J connectivity index is 2.23. The lowest BCUT2D eigenvalue weighted by molar-refractivity contribution is -0.119. The number of rotatable bonds is 7. The van der Waals surface area contributed by atoms with E-state index in [4.69, 9.17) is 0 Å². The van der Waals surface area contributed by atoms with Crippen molar-refractivity contribution in [2.45, 2.75) is 44.2 Å². The lowest BCUT2D eigenvalue weighted by Gasteiger charge is -2.27. The molecule has 1 fully saturated rings. The highest BCUT2D eigenvalue weighted by Crippen LogP contribution is 2.25. The number of carbonyl (C=O) groups is 1. The van der Waals surface area contributed by atoms with Crippen LogP contribution in [0.3, 0.4) is 0 Å². The van der Waals surface area contributed by atoms with Gasteiger partial charge in [0.05, 0.1) is 16.4 Å². The first kappa shape index (κ1) is 19.9. The molecule has 1 saturated heterocycles. The summed E-state index contributed by atoms with van der Waals surface area (Å²) in [6.45, 7) is 3.89. The standard InChI is InChI=1S/C16H24N2O5S2/c1-3-9-18(15-8-10-24(20,21)12-15)25(22,23)16-6-4-14(5-7-16)11-17-13(2)19/h4-7,15H,3,8-12H2,1-2H3,(H,17,19)/t15-/m0/s1. The van der Waals surface area contributed by atoms with Gasteiger partial charge in [0.15, 0.2) is 9.84 Å². The Morgan fingerprint density at radius 2 is 1.92 bits per heavy atom. The fourth-order valence-electron chi connectivity index (χ4n) is 2.86. The maximum Gasteiger partial charge on any atom is 0.243 e. The van der Waals surface area contributed by atoms with Crippen LogP contribution in [0.25, 0.3) is 0 Å². The van der Waals surface area contributed by atoms with E-state index < -0.39 is 25.9 Å². The third-order valence-corrected chi connectivity index (χ3v) is 7.85.